The fourth-order valence-electron chi connectivity index (χ4n) is 4.95. The molecular formula is C34H70O2Zn. The zero-order valence-corrected chi connectivity index (χ0v) is 29.1. The molecule has 0 bridgehead atoms. The molecule has 0 fully saturated rings. The van der Waals surface area contributed by atoms with Gasteiger partial charge in [-0.05, 0) is 0 Å². The van der Waals surface area contributed by atoms with Gasteiger partial charge >= 0.3 is 19.5 Å². The topological polar surface area (TPSA) is 46.1 Å². The maximum atomic E-state index is 10.2. The van der Waals surface area contributed by atoms with E-state index in [9.17, 15) is 10.2 Å². The summed E-state index contributed by atoms with van der Waals surface area (Å²) < 4.78 is 0. The summed E-state index contributed by atoms with van der Waals surface area (Å²) in [4.78, 5) is 0. The summed E-state index contributed by atoms with van der Waals surface area (Å²) in [5.74, 6) is 0. The van der Waals surface area contributed by atoms with Crippen LogP contribution in [-0.4, -0.2) is 13.2 Å². The number of rotatable bonds is 30. The van der Waals surface area contributed by atoms with Crippen LogP contribution in [0.3, 0.4) is 0 Å². The SMILES string of the molecule is CCCCCCCCCCCCCCCCC[O-].CCCCCCCCCCCCCCCCC[O-].[Zn+2]. The molecule has 0 saturated heterocycles. The Labute approximate surface area is 248 Å². The van der Waals surface area contributed by atoms with Gasteiger partial charge in [-0.1, -0.05) is 206 Å². The number of hydrogen-bond acceptors (Lipinski definition) is 2. The second kappa shape index (κ2) is 43.6. The van der Waals surface area contributed by atoms with Gasteiger partial charge in [0.2, 0.25) is 0 Å². The van der Waals surface area contributed by atoms with E-state index in [4.69, 9.17) is 0 Å². The van der Waals surface area contributed by atoms with Gasteiger partial charge in [-0.25, -0.2) is 0 Å². The Balaban J connectivity index is -0.000000608. The third-order valence-corrected chi connectivity index (χ3v) is 7.50. The van der Waals surface area contributed by atoms with Crippen molar-refractivity contribution in [3.05, 3.63) is 0 Å². The van der Waals surface area contributed by atoms with Crippen LogP contribution in [0.5, 0.6) is 0 Å². The molecule has 0 aliphatic rings. The van der Waals surface area contributed by atoms with Gasteiger partial charge < -0.3 is 10.2 Å². The van der Waals surface area contributed by atoms with E-state index in [1.807, 2.05) is 0 Å². The van der Waals surface area contributed by atoms with Crippen molar-refractivity contribution in [2.24, 2.45) is 0 Å². The molecule has 0 saturated carbocycles. The summed E-state index contributed by atoms with van der Waals surface area (Å²) in [6.45, 7) is 4.80. The molecule has 37 heavy (non-hydrogen) atoms. The maximum absolute atomic E-state index is 10.2. The fourth-order valence-corrected chi connectivity index (χ4v) is 4.95. The Kier molecular flexibility index (Phi) is 49.5. The molecule has 0 aromatic rings. The summed E-state index contributed by atoms with van der Waals surface area (Å²) in [6, 6.07) is 0. The second-order valence-electron chi connectivity index (χ2n) is 11.3. The minimum absolute atomic E-state index is 0. The molecule has 2 nitrogen and oxygen atoms in total. The minimum atomic E-state index is 0. The number of hydrogen-bond donors (Lipinski definition) is 0. The van der Waals surface area contributed by atoms with Crippen molar-refractivity contribution in [1.82, 2.24) is 0 Å². The molecule has 0 atom stereocenters. The molecule has 0 rings (SSSR count). The van der Waals surface area contributed by atoms with Gasteiger partial charge in [0.05, 0.1) is 0 Å². The van der Waals surface area contributed by atoms with Crippen molar-refractivity contribution in [1.29, 1.82) is 0 Å². The summed E-state index contributed by atoms with van der Waals surface area (Å²) in [5, 5.41) is 20.5. The Bertz CT molecular complexity index is 274. The molecular weight excluding hydrogens is 506 g/mol. The largest absolute Gasteiger partial charge is 2.00 e. The summed E-state index contributed by atoms with van der Waals surface area (Å²) in [6.07, 6.45) is 40.7. The minimum Gasteiger partial charge on any atom is -0.854 e. The van der Waals surface area contributed by atoms with Crippen molar-refractivity contribution in [3.63, 3.8) is 0 Å². The van der Waals surface area contributed by atoms with E-state index < -0.39 is 0 Å². The molecule has 0 unspecified atom stereocenters. The van der Waals surface area contributed by atoms with E-state index >= 15 is 0 Å². The van der Waals surface area contributed by atoms with Crippen LogP contribution in [0, 0.1) is 0 Å². The number of unbranched alkanes of at least 4 members (excludes halogenated alkanes) is 28. The van der Waals surface area contributed by atoms with Gasteiger partial charge in [0.25, 0.3) is 0 Å². The molecule has 220 valence electrons. The molecule has 3 heteroatoms. The van der Waals surface area contributed by atoms with Crippen LogP contribution in [0.15, 0.2) is 0 Å². The fraction of sp³-hybridized carbons (Fsp3) is 1.00. The van der Waals surface area contributed by atoms with E-state index in [0.717, 1.165) is 25.7 Å². The first kappa shape index (κ1) is 42.0. The third kappa shape index (κ3) is 46.7. The first-order valence-corrected chi connectivity index (χ1v) is 17.0. The monoisotopic (exact) mass is 574 g/mol. The van der Waals surface area contributed by atoms with Crippen LogP contribution in [0.25, 0.3) is 0 Å². The molecule has 0 heterocycles. The second-order valence-corrected chi connectivity index (χ2v) is 11.3. The Morgan fingerprint density at radius 2 is 0.378 bits per heavy atom. The molecule has 0 aliphatic heterocycles. The Hall–Kier alpha value is 0.543. The summed E-state index contributed by atoms with van der Waals surface area (Å²) in [7, 11) is 0. The third-order valence-electron chi connectivity index (χ3n) is 7.50. The molecule has 0 aliphatic carbocycles. The summed E-state index contributed by atoms with van der Waals surface area (Å²) >= 11 is 0. The maximum Gasteiger partial charge on any atom is 2.00 e. The standard InChI is InChI=1S/2C17H35O.Zn/c2*1-2-3-4-5-6-7-8-9-10-11-12-13-14-15-16-17-18;/h2*2-17H2,1H3;/q2*-1;+2. The van der Waals surface area contributed by atoms with E-state index in [-0.39, 0.29) is 32.7 Å². The average Bonchev–Trinajstić information content (AvgIpc) is 2.89. The molecule has 0 aromatic heterocycles. The molecule has 0 aromatic carbocycles. The van der Waals surface area contributed by atoms with E-state index in [2.05, 4.69) is 13.8 Å². The van der Waals surface area contributed by atoms with Crippen LogP contribution >= 0.6 is 0 Å². The van der Waals surface area contributed by atoms with Gasteiger partial charge in [-0.3, -0.25) is 0 Å². The van der Waals surface area contributed by atoms with Crippen LogP contribution in [0.4, 0.5) is 0 Å². The molecule has 0 spiro atoms. The van der Waals surface area contributed by atoms with Crippen LogP contribution in [0.1, 0.15) is 206 Å². The predicted octanol–water partition coefficient (Wildman–Crippen LogP) is 10.4. The Morgan fingerprint density at radius 1 is 0.243 bits per heavy atom. The van der Waals surface area contributed by atoms with Gasteiger partial charge in [0, 0.05) is 0 Å². The summed E-state index contributed by atoms with van der Waals surface area (Å²) in [5.41, 5.74) is 0. The smallest absolute Gasteiger partial charge is 0.854 e. The van der Waals surface area contributed by atoms with Crippen molar-refractivity contribution in [2.45, 2.75) is 206 Å². The van der Waals surface area contributed by atoms with Crippen LogP contribution in [-0.2, 0) is 19.5 Å². The van der Waals surface area contributed by atoms with E-state index in [1.165, 1.54) is 167 Å². The van der Waals surface area contributed by atoms with Crippen molar-refractivity contribution in [2.75, 3.05) is 13.2 Å². The quantitative estimate of drug-likeness (QED) is 0.0631. The van der Waals surface area contributed by atoms with Crippen LogP contribution in [0.2, 0.25) is 0 Å². The molecule has 0 amide bonds. The zero-order valence-electron chi connectivity index (χ0n) is 26.2. The van der Waals surface area contributed by atoms with E-state index in [0.29, 0.717) is 0 Å². The van der Waals surface area contributed by atoms with Gasteiger partial charge in [-0.2, -0.15) is 0 Å². The van der Waals surface area contributed by atoms with E-state index in [1.54, 1.807) is 0 Å². The van der Waals surface area contributed by atoms with Crippen LogP contribution < -0.4 is 10.2 Å². The van der Waals surface area contributed by atoms with Gasteiger partial charge in [0.15, 0.2) is 0 Å². The Morgan fingerprint density at radius 3 is 0.514 bits per heavy atom. The first-order valence-electron chi connectivity index (χ1n) is 17.0. The van der Waals surface area contributed by atoms with Crippen molar-refractivity contribution >= 4 is 0 Å². The van der Waals surface area contributed by atoms with Crippen molar-refractivity contribution in [3.8, 4) is 0 Å². The zero-order chi connectivity index (χ0) is 26.6. The molecule has 0 N–H and O–H groups in total. The predicted molar refractivity (Wildman–Crippen MR) is 160 cm³/mol. The average molecular weight is 576 g/mol. The first-order chi connectivity index (χ1) is 17.8. The normalized spacial score (nSPS) is 10.7. The van der Waals surface area contributed by atoms with Gasteiger partial charge in [-0.15, -0.1) is 13.2 Å². The van der Waals surface area contributed by atoms with Crippen molar-refractivity contribution < 1.29 is 29.7 Å². The van der Waals surface area contributed by atoms with Gasteiger partial charge in [0.1, 0.15) is 0 Å². The molecule has 0 radical (unpaired) electrons.